The number of halogens is 6. The van der Waals surface area contributed by atoms with E-state index in [0.29, 0.717) is 43.2 Å². The fourth-order valence-corrected chi connectivity index (χ4v) is 7.47. The summed E-state index contributed by atoms with van der Waals surface area (Å²) in [5, 5.41) is 9.69. The van der Waals surface area contributed by atoms with E-state index in [1.807, 2.05) is 19.1 Å². The number of alkyl halides is 6. The van der Waals surface area contributed by atoms with Crippen LogP contribution in [-0.4, -0.2) is 55.4 Å². The number of nitrogens with zero attached hydrogens (tertiary/aromatic N) is 1. The molecule has 2 aromatic carbocycles. The molecule has 2 aliphatic rings. The monoisotopic (exact) mass is 521 g/mol. The molecule has 0 bridgehead atoms. The molecule has 4 nitrogen and oxygen atoms in total. The van der Waals surface area contributed by atoms with Crippen LogP contribution in [0.4, 0.5) is 26.3 Å². The molecule has 0 saturated carbocycles. The van der Waals surface area contributed by atoms with Gasteiger partial charge in [-0.25, -0.2) is 8.42 Å². The number of rotatable bonds is 5. The zero-order chi connectivity index (χ0) is 26.0. The molecule has 0 amide bonds. The third-order valence-electron chi connectivity index (χ3n) is 6.88. The van der Waals surface area contributed by atoms with E-state index in [9.17, 15) is 39.9 Å². The van der Waals surface area contributed by atoms with Crippen LogP contribution in [-0.2, 0) is 28.4 Å². The minimum absolute atomic E-state index is 0.125. The lowest BCUT2D eigenvalue weighted by Gasteiger charge is -2.55. The van der Waals surface area contributed by atoms with Crippen LogP contribution >= 0.6 is 0 Å². The average Bonchev–Trinajstić information content (AvgIpc) is 2.68. The lowest BCUT2D eigenvalue weighted by atomic mass is 9.82. The maximum atomic E-state index is 13.3. The summed E-state index contributed by atoms with van der Waals surface area (Å²) in [5.74, 6) is 0.450. The second kappa shape index (κ2) is 8.21. The van der Waals surface area contributed by atoms with Crippen molar-refractivity contribution in [1.29, 1.82) is 0 Å². The Morgan fingerprint density at radius 2 is 1.51 bits per heavy atom. The van der Waals surface area contributed by atoms with Gasteiger partial charge in [0.05, 0.1) is 11.5 Å². The van der Waals surface area contributed by atoms with Gasteiger partial charge in [0, 0.05) is 30.6 Å². The van der Waals surface area contributed by atoms with Crippen molar-refractivity contribution in [3.05, 3.63) is 58.7 Å². The Balaban J connectivity index is 1.57. The van der Waals surface area contributed by atoms with Gasteiger partial charge in [-0.05, 0) is 41.2 Å². The van der Waals surface area contributed by atoms with E-state index in [1.54, 1.807) is 6.07 Å². The van der Waals surface area contributed by atoms with Crippen LogP contribution in [0.5, 0.6) is 0 Å². The Hall–Kier alpha value is -2.11. The van der Waals surface area contributed by atoms with Crippen molar-refractivity contribution >= 4 is 9.84 Å². The second-order valence-corrected chi connectivity index (χ2v) is 11.8. The smallest absolute Gasteiger partial charge is 0.369 e. The van der Waals surface area contributed by atoms with E-state index in [1.165, 1.54) is 13.0 Å². The molecule has 2 fully saturated rings. The van der Waals surface area contributed by atoms with E-state index in [4.69, 9.17) is 0 Å². The predicted octanol–water partition coefficient (Wildman–Crippen LogP) is 4.77. The normalized spacial score (nSPS) is 19.9. The zero-order valence-corrected chi connectivity index (χ0v) is 19.9. The first-order valence-electron chi connectivity index (χ1n) is 11.0. The molecule has 0 unspecified atom stereocenters. The molecule has 192 valence electrons. The summed E-state index contributed by atoms with van der Waals surface area (Å²) in [6.07, 6.45) is -11.3. The van der Waals surface area contributed by atoms with Crippen LogP contribution in [0.15, 0.2) is 36.4 Å². The lowest BCUT2D eigenvalue weighted by molar-refractivity contribution is -0.376. The third-order valence-corrected chi connectivity index (χ3v) is 8.99. The Morgan fingerprint density at radius 3 is 2.00 bits per heavy atom. The number of sulfone groups is 1. The molecule has 0 aliphatic carbocycles. The van der Waals surface area contributed by atoms with Crippen LogP contribution in [0.2, 0.25) is 0 Å². The van der Waals surface area contributed by atoms with Gasteiger partial charge >= 0.3 is 12.4 Å². The molecule has 0 atom stereocenters. The highest BCUT2D eigenvalue weighted by Gasteiger charge is 2.71. The van der Waals surface area contributed by atoms with E-state index >= 15 is 0 Å². The number of hydrogen-bond donors (Lipinski definition) is 1. The van der Waals surface area contributed by atoms with Crippen molar-refractivity contribution in [3.8, 4) is 11.1 Å². The first-order chi connectivity index (χ1) is 16.0. The Bertz CT molecular complexity index is 1220. The lowest BCUT2D eigenvalue weighted by Crippen LogP contribution is -2.67. The number of benzene rings is 2. The van der Waals surface area contributed by atoms with Crippen LogP contribution in [0.3, 0.4) is 0 Å². The van der Waals surface area contributed by atoms with E-state index in [-0.39, 0.29) is 22.5 Å². The van der Waals surface area contributed by atoms with Crippen LogP contribution in [0.25, 0.3) is 11.1 Å². The largest absolute Gasteiger partial charge is 0.430 e. The van der Waals surface area contributed by atoms with Gasteiger partial charge in [-0.1, -0.05) is 43.3 Å². The molecule has 2 aromatic rings. The highest BCUT2D eigenvalue weighted by Crippen LogP contribution is 2.50. The number of aliphatic hydroxyl groups is 1. The van der Waals surface area contributed by atoms with E-state index in [2.05, 4.69) is 4.90 Å². The molecule has 2 aliphatic heterocycles. The van der Waals surface area contributed by atoms with Crippen LogP contribution in [0.1, 0.15) is 29.2 Å². The quantitative estimate of drug-likeness (QED) is 0.577. The molecule has 11 heteroatoms. The number of hydrogen-bond acceptors (Lipinski definition) is 4. The second-order valence-electron chi connectivity index (χ2n) is 9.76. The molecular weight excluding hydrogens is 496 g/mol. The minimum Gasteiger partial charge on any atom is -0.369 e. The molecule has 2 heterocycles. The fraction of sp³-hybridized carbons (Fsp3) is 0.500. The molecule has 4 rings (SSSR count). The molecule has 35 heavy (non-hydrogen) atoms. The van der Waals surface area contributed by atoms with Crippen molar-refractivity contribution in [1.82, 2.24) is 4.90 Å². The van der Waals surface area contributed by atoms with Gasteiger partial charge in [-0.15, -0.1) is 0 Å². The van der Waals surface area contributed by atoms with E-state index < -0.39 is 33.4 Å². The summed E-state index contributed by atoms with van der Waals surface area (Å²) in [6.45, 7) is 5.34. The van der Waals surface area contributed by atoms with Crippen molar-refractivity contribution in [3.63, 3.8) is 0 Å². The number of likely N-dealkylation sites (tertiary alicyclic amines) is 1. The molecule has 1 N–H and O–H groups in total. The summed E-state index contributed by atoms with van der Waals surface area (Å²) in [6, 6.07) is 8.18. The molecule has 0 aromatic heterocycles. The summed E-state index contributed by atoms with van der Waals surface area (Å²) in [7, 11) is -2.89. The fourth-order valence-electron chi connectivity index (χ4n) is 5.33. The van der Waals surface area contributed by atoms with Gasteiger partial charge in [0.2, 0.25) is 0 Å². The van der Waals surface area contributed by atoms with Gasteiger partial charge < -0.3 is 5.11 Å². The van der Waals surface area contributed by atoms with Crippen LogP contribution in [0, 0.1) is 12.3 Å². The van der Waals surface area contributed by atoms with Crippen LogP contribution < -0.4 is 0 Å². The molecule has 0 radical (unpaired) electrons. The number of aryl methyl sites for hydroxylation is 2. The summed E-state index contributed by atoms with van der Waals surface area (Å²) in [4.78, 5) is 2.15. The van der Waals surface area contributed by atoms with E-state index in [0.717, 1.165) is 17.2 Å². The highest BCUT2D eigenvalue weighted by molar-refractivity contribution is 7.92. The summed E-state index contributed by atoms with van der Waals surface area (Å²) in [5.41, 5.74) is -3.16. The molecule has 2 saturated heterocycles. The average molecular weight is 522 g/mol. The summed E-state index contributed by atoms with van der Waals surface area (Å²) < 4.78 is 102. The van der Waals surface area contributed by atoms with Crippen molar-refractivity contribution < 1.29 is 39.9 Å². The summed E-state index contributed by atoms with van der Waals surface area (Å²) >= 11 is 0. The maximum absolute atomic E-state index is 13.3. The minimum atomic E-state index is -5.94. The predicted molar refractivity (Wildman–Crippen MR) is 118 cm³/mol. The zero-order valence-electron chi connectivity index (χ0n) is 19.1. The third kappa shape index (κ3) is 4.46. The Kier molecular flexibility index (Phi) is 6.09. The standard InChI is InChI=1S/C24H25F6NO3S/c1-3-17-9-16(10-31-11-21(12-31)13-35(33,34)14-21)4-6-20(17)19-7-5-18(8-15(19)2)22(32,23(25,26)27)24(28,29)30/h4-9,32H,3,10-14H2,1-2H3. The van der Waals surface area contributed by atoms with Gasteiger partial charge in [0.15, 0.2) is 9.84 Å². The van der Waals surface area contributed by atoms with Gasteiger partial charge in [-0.2, -0.15) is 26.3 Å². The van der Waals surface area contributed by atoms with Crippen molar-refractivity contribution in [2.75, 3.05) is 24.6 Å². The van der Waals surface area contributed by atoms with Crippen molar-refractivity contribution in [2.24, 2.45) is 5.41 Å². The SMILES string of the molecule is CCc1cc(CN2CC3(C2)CS(=O)(=O)C3)ccc1-c1ccc(C(O)(C(F)(F)F)C(F)(F)F)cc1C. The Labute approximate surface area is 199 Å². The van der Waals surface area contributed by atoms with Gasteiger partial charge in [0.1, 0.15) is 0 Å². The van der Waals surface area contributed by atoms with Gasteiger partial charge in [0.25, 0.3) is 5.60 Å². The van der Waals surface area contributed by atoms with Gasteiger partial charge in [-0.3, -0.25) is 4.90 Å². The topological polar surface area (TPSA) is 57.6 Å². The molecular formula is C24H25F6NO3S. The van der Waals surface area contributed by atoms with Crippen molar-refractivity contribution in [2.45, 2.75) is 44.8 Å². The first kappa shape index (κ1) is 26.0. The highest BCUT2D eigenvalue weighted by atomic mass is 32.2. The Morgan fingerprint density at radius 1 is 0.943 bits per heavy atom. The maximum Gasteiger partial charge on any atom is 0.430 e. The first-order valence-corrected chi connectivity index (χ1v) is 12.8. The molecule has 1 spiro atoms.